The predicted molar refractivity (Wildman–Crippen MR) is 97.2 cm³/mol. The van der Waals surface area contributed by atoms with Gasteiger partial charge in [-0.15, -0.1) is 0 Å². The lowest BCUT2D eigenvalue weighted by Crippen LogP contribution is -2.51. The summed E-state index contributed by atoms with van der Waals surface area (Å²) in [7, 11) is 0. The molecule has 1 aromatic rings. The summed E-state index contributed by atoms with van der Waals surface area (Å²) in [5.41, 5.74) is 2.46. The van der Waals surface area contributed by atoms with Gasteiger partial charge in [-0.05, 0) is 36.8 Å². The Morgan fingerprint density at radius 2 is 2.00 bits per heavy atom. The first-order valence-electron chi connectivity index (χ1n) is 9.00. The van der Waals surface area contributed by atoms with Crippen LogP contribution in [-0.2, 0) is 22.5 Å². The van der Waals surface area contributed by atoms with E-state index in [1.807, 2.05) is 12.1 Å². The normalized spacial score (nSPS) is 17.5. The third-order valence-electron chi connectivity index (χ3n) is 4.27. The molecule has 3 N–H and O–H groups in total. The zero-order valence-electron chi connectivity index (χ0n) is 15.3. The average Bonchev–Trinajstić information content (AvgIpc) is 2.58. The lowest BCUT2D eigenvalue weighted by molar-refractivity contribution is -0.123. The molecular formula is C19H29N3O3. The monoisotopic (exact) mass is 347 g/mol. The second-order valence-electron chi connectivity index (χ2n) is 6.84. The van der Waals surface area contributed by atoms with E-state index < -0.39 is 6.09 Å². The number of rotatable bonds is 7. The van der Waals surface area contributed by atoms with Gasteiger partial charge in [-0.2, -0.15) is 0 Å². The van der Waals surface area contributed by atoms with Gasteiger partial charge in [0.15, 0.2) is 0 Å². The molecule has 1 aliphatic heterocycles. The van der Waals surface area contributed by atoms with Crippen LogP contribution in [0.25, 0.3) is 0 Å². The summed E-state index contributed by atoms with van der Waals surface area (Å²) < 4.78 is 4.94. The van der Waals surface area contributed by atoms with Crippen molar-refractivity contribution in [2.75, 3.05) is 13.2 Å². The number of alkyl carbamates (subject to hydrolysis) is 1. The van der Waals surface area contributed by atoms with Crippen molar-refractivity contribution < 1.29 is 14.3 Å². The van der Waals surface area contributed by atoms with E-state index in [0.29, 0.717) is 32.0 Å². The van der Waals surface area contributed by atoms with Crippen LogP contribution in [0.2, 0.25) is 0 Å². The van der Waals surface area contributed by atoms with E-state index >= 15 is 0 Å². The summed E-state index contributed by atoms with van der Waals surface area (Å²) in [6.45, 7) is 7.37. The van der Waals surface area contributed by atoms with Crippen LogP contribution in [0.15, 0.2) is 24.3 Å². The van der Waals surface area contributed by atoms with Gasteiger partial charge >= 0.3 is 6.09 Å². The SMILES string of the molecule is CCOC(=O)NC(CNC(=O)[C@@H]1Cc2ccccc2CN1)CC(C)C. The number of benzene rings is 1. The lowest BCUT2D eigenvalue weighted by Gasteiger charge is -2.27. The first-order valence-corrected chi connectivity index (χ1v) is 9.00. The molecule has 0 aromatic heterocycles. The molecule has 1 aliphatic rings. The summed E-state index contributed by atoms with van der Waals surface area (Å²) in [4.78, 5) is 24.2. The van der Waals surface area contributed by atoms with Crippen LogP contribution in [0.1, 0.15) is 38.3 Å². The topological polar surface area (TPSA) is 79.5 Å². The fourth-order valence-corrected chi connectivity index (χ4v) is 3.09. The first kappa shape index (κ1) is 19.2. The highest BCUT2D eigenvalue weighted by Gasteiger charge is 2.24. The molecule has 1 unspecified atom stereocenters. The van der Waals surface area contributed by atoms with Gasteiger partial charge in [0, 0.05) is 19.1 Å². The van der Waals surface area contributed by atoms with Crippen LogP contribution >= 0.6 is 0 Å². The van der Waals surface area contributed by atoms with E-state index in [1.54, 1.807) is 6.92 Å². The standard InChI is InChI=1S/C19H29N3O3/c1-4-25-19(24)22-16(9-13(2)3)12-21-18(23)17-10-14-7-5-6-8-15(14)11-20-17/h5-8,13,16-17,20H,4,9-12H2,1-3H3,(H,21,23)(H,22,24)/t16?,17-/m0/s1. The van der Waals surface area contributed by atoms with Crippen molar-refractivity contribution in [3.63, 3.8) is 0 Å². The van der Waals surface area contributed by atoms with E-state index in [0.717, 1.165) is 6.42 Å². The van der Waals surface area contributed by atoms with Crippen LogP contribution in [0.3, 0.4) is 0 Å². The Labute approximate surface area is 149 Å². The maximum absolute atomic E-state index is 12.5. The Morgan fingerprint density at radius 1 is 1.28 bits per heavy atom. The molecule has 2 rings (SSSR count). The van der Waals surface area contributed by atoms with Crippen LogP contribution in [0, 0.1) is 5.92 Å². The van der Waals surface area contributed by atoms with Crippen molar-refractivity contribution in [2.24, 2.45) is 5.92 Å². The van der Waals surface area contributed by atoms with Crippen molar-refractivity contribution in [2.45, 2.75) is 52.2 Å². The van der Waals surface area contributed by atoms with Gasteiger partial charge in [-0.3, -0.25) is 4.79 Å². The second-order valence-corrected chi connectivity index (χ2v) is 6.84. The Balaban J connectivity index is 1.86. The zero-order valence-corrected chi connectivity index (χ0v) is 15.3. The summed E-state index contributed by atoms with van der Waals surface area (Å²) in [6, 6.07) is 7.79. The van der Waals surface area contributed by atoms with Crippen molar-refractivity contribution in [1.82, 2.24) is 16.0 Å². The highest BCUT2D eigenvalue weighted by molar-refractivity contribution is 5.82. The number of ether oxygens (including phenoxy) is 1. The van der Waals surface area contributed by atoms with Crippen LogP contribution in [0.4, 0.5) is 4.79 Å². The maximum atomic E-state index is 12.5. The van der Waals surface area contributed by atoms with Crippen molar-refractivity contribution in [1.29, 1.82) is 0 Å². The lowest BCUT2D eigenvalue weighted by atomic mass is 9.95. The minimum atomic E-state index is -0.438. The summed E-state index contributed by atoms with van der Waals surface area (Å²) in [5, 5.41) is 9.07. The molecule has 6 heteroatoms. The largest absolute Gasteiger partial charge is 0.450 e. The summed E-state index contributed by atoms with van der Waals surface area (Å²) >= 11 is 0. The minimum absolute atomic E-state index is 0.0334. The molecule has 0 fully saturated rings. The Hall–Kier alpha value is -2.08. The maximum Gasteiger partial charge on any atom is 0.407 e. The number of hydrogen-bond acceptors (Lipinski definition) is 4. The van der Waals surface area contributed by atoms with Crippen LogP contribution in [-0.4, -0.2) is 37.2 Å². The van der Waals surface area contributed by atoms with Crippen LogP contribution < -0.4 is 16.0 Å². The Morgan fingerprint density at radius 3 is 2.68 bits per heavy atom. The molecule has 2 atom stereocenters. The van der Waals surface area contributed by atoms with Gasteiger partial charge in [-0.25, -0.2) is 4.79 Å². The third kappa shape index (κ3) is 6.05. The summed E-state index contributed by atoms with van der Waals surface area (Å²) in [5.74, 6) is 0.373. The highest BCUT2D eigenvalue weighted by Crippen LogP contribution is 2.16. The van der Waals surface area contributed by atoms with Crippen molar-refractivity contribution >= 4 is 12.0 Å². The number of carbonyl (C=O) groups excluding carboxylic acids is 2. The van der Waals surface area contributed by atoms with Gasteiger partial charge in [0.1, 0.15) is 0 Å². The number of hydrogen-bond donors (Lipinski definition) is 3. The number of nitrogens with one attached hydrogen (secondary N) is 3. The molecule has 1 aromatic carbocycles. The highest BCUT2D eigenvalue weighted by atomic mass is 16.5. The molecule has 0 spiro atoms. The fourth-order valence-electron chi connectivity index (χ4n) is 3.09. The Kier molecular flexibility index (Phi) is 7.25. The molecule has 1 heterocycles. The Bertz CT molecular complexity index is 589. The minimum Gasteiger partial charge on any atom is -0.450 e. The molecule has 0 bridgehead atoms. The zero-order chi connectivity index (χ0) is 18.2. The predicted octanol–water partition coefficient (Wildman–Crippen LogP) is 1.98. The molecule has 0 aliphatic carbocycles. The summed E-state index contributed by atoms with van der Waals surface area (Å²) in [6.07, 6.45) is 1.02. The van der Waals surface area contributed by atoms with E-state index in [2.05, 4.69) is 41.9 Å². The smallest absolute Gasteiger partial charge is 0.407 e. The molecule has 25 heavy (non-hydrogen) atoms. The molecule has 138 valence electrons. The van der Waals surface area contributed by atoms with E-state index in [1.165, 1.54) is 11.1 Å². The van der Waals surface area contributed by atoms with Gasteiger partial charge in [0.05, 0.1) is 12.6 Å². The molecular weight excluding hydrogens is 318 g/mol. The second kappa shape index (κ2) is 9.42. The third-order valence-corrected chi connectivity index (χ3v) is 4.27. The van der Waals surface area contributed by atoms with Gasteiger partial charge in [0.2, 0.25) is 5.91 Å². The van der Waals surface area contributed by atoms with E-state index in [4.69, 9.17) is 4.74 Å². The number of carbonyl (C=O) groups is 2. The number of fused-ring (bicyclic) bond motifs is 1. The quantitative estimate of drug-likeness (QED) is 0.705. The van der Waals surface area contributed by atoms with Crippen molar-refractivity contribution in [3.05, 3.63) is 35.4 Å². The van der Waals surface area contributed by atoms with Crippen LogP contribution in [0.5, 0.6) is 0 Å². The van der Waals surface area contributed by atoms with Gasteiger partial charge < -0.3 is 20.7 Å². The first-order chi connectivity index (χ1) is 12.0. The van der Waals surface area contributed by atoms with Gasteiger partial charge in [0.25, 0.3) is 0 Å². The number of amides is 2. The average molecular weight is 347 g/mol. The van der Waals surface area contributed by atoms with Gasteiger partial charge in [-0.1, -0.05) is 38.1 Å². The molecule has 0 saturated carbocycles. The molecule has 6 nitrogen and oxygen atoms in total. The fraction of sp³-hybridized carbons (Fsp3) is 0.579. The molecule has 0 radical (unpaired) electrons. The van der Waals surface area contributed by atoms with Crippen molar-refractivity contribution in [3.8, 4) is 0 Å². The van der Waals surface area contributed by atoms with E-state index in [-0.39, 0.29) is 18.0 Å². The molecule has 2 amide bonds. The van der Waals surface area contributed by atoms with E-state index in [9.17, 15) is 9.59 Å². The molecule has 0 saturated heterocycles.